The summed E-state index contributed by atoms with van der Waals surface area (Å²) < 4.78 is 7.09. The predicted octanol–water partition coefficient (Wildman–Crippen LogP) is 1.53. The van der Waals surface area contributed by atoms with Crippen LogP contribution in [-0.2, 0) is 6.54 Å². The van der Waals surface area contributed by atoms with Crippen molar-refractivity contribution in [2.75, 3.05) is 31.1 Å². The molecule has 3 aromatic rings. The summed E-state index contributed by atoms with van der Waals surface area (Å²) in [6.07, 6.45) is 7.05. The van der Waals surface area contributed by atoms with E-state index in [-0.39, 0.29) is 0 Å². The number of nitrogens with zero attached hydrogens (tertiary/aromatic N) is 7. The molecule has 5 rings (SSSR count). The van der Waals surface area contributed by atoms with E-state index in [0.717, 1.165) is 55.9 Å². The van der Waals surface area contributed by atoms with E-state index in [9.17, 15) is 0 Å². The van der Waals surface area contributed by atoms with E-state index in [1.54, 1.807) is 23.5 Å². The highest BCUT2D eigenvalue weighted by atomic mass is 16.3. The summed E-state index contributed by atoms with van der Waals surface area (Å²) in [5.41, 5.74) is 1.03. The number of aromatic nitrogens is 5. The maximum absolute atomic E-state index is 5.32. The van der Waals surface area contributed by atoms with Crippen molar-refractivity contribution in [3.63, 3.8) is 0 Å². The van der Waals surface area contributed by atoms with Crippen molar-refractivity contribution in [3.8, 4) is 5.82 Å². The number of anilines is 1. The zero-order chi connectivity index (χ0) is 17.5. The Morgan fingerprint density at radius 3 is 2.62 bits per heavy atom. The molecule has 8 heteroatoms. The number of hydrogen-bond acceptors (Lipinski definition) is 7. The highest BCUT2D eigenvalue weighted by Gasteiger charge is 2.40. The molecular formula is C18H21N7O. The SMILES string of the molecule is Cc1nc(CN2CC3CN(c4cc(-n5cccn5)ncn4)CC3C2)co1. The average molecular weight is 351 g/mol. The molecule has 0 saturated carbocycles. The number of aryl methyl sites for hydroxylation is 1. The molecule has 2 aliphatic heterocycles. The van der Waals surface area contributed by atoms with E-state index in [4.69, 9.17) is 4.42 Å². The first-order valence-electron chi connectivity index (χ1n) is 8.95. The van der Waals surface area contributed by atoms with E-state index in [0.29, 0.717) is 11.8 Å². The van der Waals surface area contributed by atoms with E-state index in [2.05, 4.69) is 29.9 Å². The van der Waals surface area contributed by atoms with Crippen LogP contribution < -0.4 is 4.90 Å². The highest BCUT2D eigenvalue weighted by Crippen LogP contribution is 2.34. The van der Waals surface area contributed by atoms with Gasteiger partial charge in [-0.25, -0.2) is 19.6 Å². The van der Waals surface area contributed by atoms with Gasteiger partial charge in [0, 0.05) is 58.1 Å². The first kappa shape index (κ1) is 15.5. The number of hydrogen-bond donors (Lipinski definition) is 0. The third-order valence-corrected chi connectivity index (χ3v) is 5.32. The van der Waals surface area contributed by atoms with E-state index in [1.807, 2.05) is 25.3 Å². The van der Waals surface area contributed by atoms with Crippen molar-refractivity contribution in [1.29, 1.82) is 0 Å². The second-order valence-electron chi connectivity index (χ2n) is 7.16. The standard InChI is InChI=1S/C18H21N7O/c1-13-22-16(11-26-13)10-23-6-14-8-24(9-15(14)7-23)17-5-18(20-12-19-17)25-4-2-3-21-25/h2-5,11-12,14-15H,6-10H2,1H3. The molecule has 0 N–H and O–H groups in total. The van der Waals surface area contributed by atoms with Crippen LogP contribution in [0.5, 0.6) is 0 Å². The highest BCUT2D eigenvalue weighted by molar-refractivity contribution is 5.44. The van der Waals surface area contributed by atoms with Gasteiger partial charge in [-0.2, -0.15) is 5.10 Å². The van der Waals surface area contributed by atoms with Gasteiger partial charge in [-0.1, -0.05) is 0 Å². The zero-order valence-electron chi connectivity index (χ0n) is 14.7. The maximum Gasteiger partial charge on any atom is 0.191 e. The molecule has 2 unspecified atom stereocenters. The molecule has 5 heterocycles. The van der Waals surface area contributed by atoms with E-state index in [1.165, 1.54) is 0 Å². The minimum Gasteiger partial charge on any atom is -0.449 e. The molecule has 0 bridgehead atoms. The lowest BCUT2D eigenvalue weighted by Gasteiger charge is -2.21. The molecule has 26 heavy (non-hydrogen) atoms. The zero-order valence-corrected chi connectivity index (χ0v) is 14.7. The van der Waals surface area contributed by atoms with Crippen molar-refractivity contribution >= 4 is 5.82 Å². The van der Waals surface area contributed by atoms with Crippen molar-refractivity contribution in [2.24, 2.45) is 11.8 Å². The van der Waals surface area contributed by atoms with Crippen molar-refractivity contribution in [2.45, 2.75) is 13.5 Å². The Kier molecular flexibility index (Phi) is 3.70. The summed E-state index contributed by atoms with van der Waals surface area (Å²) >= 11 is 0. The molecule has 8 nitrogen and oxygen atoms in total. The fourth-order valence-electron chi connectivity index (χ4n) is 4.16. The number of rotatable bonds is 4. The van der Waals surface area contributed by atoms with Gasteiger partial charge in [0.2, 0.25) is 0 Å². The monoisotopic (exact) mass is 351 g/mol. The van der Waals surface area contributed by atoms with Crippen molar-refractivity contribution in [1.82, 2.24) is 29.6 Å². The van der Waals surface area contributed by atoms with E-state index >= 15 is 0 Å². The van der Waals surface area contributed by atoms with E-state index < -0.39 is 0 Å². The van der Waals surface area contributed by atoms with Crippen LogP contribution in [0.3, 0.4) is 0 Å². The molecule has 2 saturated heterocycles. The maximum atomic E-state index is 5.32. The summed E-state index contributed by atoms with van der Waals surface area (Å²) in [4.78, 5) is 18.1. The first-order chi connectivity index (χ1) is 12.7. The fraction of sp³-hybridized carbons (Fsp3) is 0.444. The molecule has 3 aromatic heterocycles. The Balaban J connectivity index is 1.25. The van der Waals surface area contributed by atoms with Crippen LogP contribution in [-0.4, -0.2) is 55.8 Å². The van der Waals surface area contributed by atoms with Gasteiger partial charge >= 0.3 is 0 Å². The van der Waals surface area contributed by atoms with Gasteiger partial charge in [0.1, 0.15) is 18.4 Å². The molecular weight excluding hydrogens is 330 g/mol. The summed E-state index contributed by atoms with van der Waals surface area (Å²) in [6, 6.07) is 3.91. The van der Waals surface area contributed by atoms with Gasteiger partial charge in [0.15, 0.2) is 11.7 Å². The quantitative estimate of drug-likeness (QED) is 0.705. The third-order valence-electron chi connectivity index (χ3n) is 5.32. The van der Waals surface area contributed by atoms with Crippen LogP contribution >= 0.6 is 0 Å². The Morgan fingerprint density at radius 1 is 1.12 bits per heavy atom. The third kappa shape index (κ3) is 2.86. The Morgan fingerprint density at radius 2 is 1.92 bits per heavy atom. The van der Waals surface area contributed by atoms with Crippen LogP contribution in [0.2, 0.25) is 0 Å². The lowest BCUT2D eigenvalue weighted by atomic mass is 10.0. The molecule has 0 aliphatic carbocycles. The molecule has 0 spiro atoms. The molecule has 0 radical (unpaired) electrons. The van der Waals surface area contributed by atoms with Gasteiger partial charge in [0.05, 0.1) is 5.69 Å². The summed E-state index contributed by atoms with van der Waals surface area (Å²) in [7, 11) is 0. The smallest absolute Gasteiger partial charge is 0.191 e. The lowest BCUT2D eigenvalue weighted by molar-refractivity contribution is 0.305. The van der Waals surface area contributed by atoms with Gasteiger partial charge in [0.25, 0.3) is 0 Å². The second-order valence-corrected chi connectivity index (χ2v) is 7.16. The number of oxazole rings is 1. The van der Waals surface area contributed by atoms with Crippen LogP contribution in [0.25, 0.3) is 5.82 Å². The van der Waals surface area contributed by atoms with Crippen molar-refractivity contribution in [3.05, 3.63) is 48.7 Å². The minimum absolute atomic E-state index is 0.672. The van der Waals surface area contributed by atoms with Crippen LogP contribution in [0.1, 0.15) is 11.6 Å². The van der Waals surface area contributed by atoms with Gasteiger partial charge in [-0.15, -0.1) is 0 Å². The summed E-state index contributed by atoms with van der Waals surface area (Å²) in [5, 5.41) is 4.25. The van der Waals surface area contributed by atoms with Gasteiger partial charge in [-0.05, 0) is 17.9 Å². The largest absolute Gasteiger partial charge is 0.449 e. The van der Waals surface area contributed by atoms with Crippen molar-refractivity contribution < 1.29 is 4.42 Å². The van der Waals surface area contributed by atoms with Crippen LogP contribution in [0.15, 0.2) is 41.5 Å². The summed E-state index contributed by atoms with van der Waals surface area (Å²) in [6.45, 7) is 7.04. The molecule has 2 aliphatic rings. The summed E-state index contributed by atoms with van der Waals surface area (Å²) in [5.74, 6) is 3.87. The van der Waals surface area contributed by atoms with Crippen LogP contribution in [0.4, 0.5) is 5.82 Å². The predicted molar refractivity (Wildman–Crippen MR) is 94.9 cm³/mol. The molecule has 0 aromatic carbocycles. The second kappa shape index (κ2) is 6.21. The van der Waals surface area contributed by atoms with Gasteiger partial charge in [-0.3, -0.25) is 4.90 Å². The average Bonchev–Trinajstić information content (AvgIpc) is 3.39. The topological polar surface area (TPSA) is 76.1 Å². The molecule has 0 amide bonds. The Bertz CT molecular complexity index is 877. The van der Waals surface area contributed by atoms with Gasteiger partial charge < -0.3 is 9.32 Å². The molecule has 2 atom stereocenters. The fourth-order valence-corrected chi connectivity index (χ4v) is 4.16. The minimum atomic E-state index is 0.672. The molecule has 134 valence electrons. The van der Waals surface area contributed by atoms with Crippen LogP contribution in [0, 0.1) is 18.8 Å². The number of fused-ring (bicyclic) bond motifs is 1. The Labute approximate surface area is 151 Å². The first-order valence-corrected chi connectivity index (χ1v) is 8.95. The molecule has 2 fully saturated rings. The normalized spacial score (nSPS) is 22.9. The lowest BCUT2D eigenvalue weighted by Crippen LogP contribution is -2.29. The Hall–Kier alpha value is -2.74. The number of likely N-dealkylation sites (tertiary alicyclic amines) is 1.